The van der Waals surface area contributed by atoms with Gasteiger partial charge in [0.2, 0.25) is 0 Å². The molecule has 0 bridgehead atoms. The minimum atomic E-state index is -3.81. The monoisotopic (exact) mass is 409 g/mol. The molecule has 29 heavy (non-hydrogen) atoms. The lowest BCUT2D eigenvalue weighted by atomic mass is 9.77. The number of esters is 2. The first-order valence-corrected chi connectivity index (χ1v) is 9.54. The Morgan fingerprint density at radius 2 is 1.62 bits per heavy atom. The molecule has 0 unspecified atom stereocenters. The molecule has 0 saturated heterocycles. The van der Waals surface area contributed by atoms with Gasteiger partial charge in [0.05, 0.1) is 25.0 Å². The number of carbonyl (C=O) groups is 3. The van der Waals surface area contributed by atoms with Crippen LogP contribution in [0, 0.1) is 11.8 Å². The first-order valence-electron chi connectivity index (χ1n) is 9.54. The summed E-state index contributed by atoms with van der Waals surface area (Å²) in [5.41, 5.74) is 0.183. The average Bonchev–Trinajstić information content (AvgIpc) is 2.72. The lowest BCUT2D eigenvalue weighted by Gasteiger charge is -2.30. The Bertz CT molecular complexity index is 764. The molecule has 0 radical (unpaired) electrons. The molecule has 6 nitrogen and oxygen atoms in total. The number of carbonyl (C=O) groups excluding carboxylic acids is 3. The van der Waals surface area contributed by atoms with E-state index in [0.717, 1.165) is 6.08 Å². The van der Waals surface area contributed by atoms with Gasteiger partial charge < -0.3 is 14.8 Å². The zero-order valence-electron chi connectivity index (χ0n) is 16.5. The third kappa shape index (κ3) is 5.62. The molecular weight excluding hydrogens is 384 g/mol. The van der Waals surface area contributed by atoms with E-state index in [0.29, 0.717) is 5.56 Å². The Kier molecular flexibility index (Phi) is 7.87. The standard InChI is InChI=1S/C21H25F2NO5/c1-3-28-18(25)16-11-10-15(12-17(16)19(26)29-4-2)21(22,23)20(27)24-13-14-8-6-5-7-9-14/h5-10,16-17H,3-4,11-13H2,1-2H3,(H,24,27)/t16-,17-/m0/s1. The van der Waals surface area contributed by atoms with Crippen molar-refractivity contribution in [3.05, 3.63) is 47.5 Å². The Labute approximate surface area is 168 Å². The lowest BCUT2D eigenvalue weighted by Crippen LogP contribution is -2.44. The Hall–Kier alpha value is -2.77. The van der Waals surface area contributed by atoms with Gasteiger partial charge in [-0.05, 0) is 32.3 Å². The summed E-state index contributed by atoms with van der Waals surface area (Å²) in [5, 5.41) is 2.22. The van der Waals surface area contributed by atoms with Gasteiger partial charge in [-0.15, -0.1) is 0 Å². The van der Waals surface area contributed by atoms with Crippen molar-refractivity contribution in [2.24, 2.45) is 11.8 Å². The molecule has 0 spiro atoms. The number of ether oxygens (including phenoxy) is 2. The molecule has 0 heterocycles. The highest BCUT2D eigenvalue weighted by Gasteiger charge is 2.48. The van der Waals surface area contributed by atoms with Crippen LogP contribution >= 0.6 is 0 Å². The second-order valence-corrected chi connectivity index (χ2v) is 6.63. The molecular formula is C21H25F2NO5. The van der Waals surface area contributed by atoms with E-state index < -0.39 is 47.6 Å². The van der Waals surface area contributed by atoms with Crippen molar-refractivity contribution < 1.29 is 32.6 Å². The molecule has 0 fully saturated rings. The maximum absolute atomic E-state index is 14.8. The van der Waals surface area contributed by atoms with Crippen LogP contribution in [0.4, 0.5) is 8.78 Å². The van der Waals surface area contributed by atoms with Gasteiger partial charge in [0, 0.05) is 12.1 Å². The van der Waals surface area contributed by atoms with Crippen molar-refractivity contribution in [3.8, 4) is 0 Å². The summed E-state index contributed by atoms with van der Waals surface area (Å²) in [6.45, 7) is 3.32. The van der Waals surface area contributed by atoms with Crippen LogP contribution in [0.2, 0.25) is 0 Å². The van der Waals surface area contributed by atoms with Crippen LogP contribution in [0.25, 0.3) is 0 Å². The molecule has 0 aliphatic heterocycles. The first kappa shape index (κ1) is 22.5. The van der Waals surface area contributed by atoms with E-state index in [2.05, 4.69) is 5.32 Å². The summed E-state index contributed by atoms with van der Waals surface area (Å²) >= 11 is 0. The van der Waals surface area contributed by atoms with Crippen molar-refractivity contribution in [2.75, 3.05) is 13.2 Å². The summed E-state index contributed by atoms with van der Waals surface area (Å²) in [6, 6.07) is 8.67. The van der Waals surface area contributed by atoms with Crippen molar-refractivity contribution in [1.29, 1.82) is 0 Å². The number of hydrogen-bond donors (Lipinski definition) is 1. The zero-order chi connectivity index (χ0) is 21.4. The largest absolute Gasteiger partial charge is 0.466 e. The number of rotatable bonds is 8. The number of amides is 1. The van der Waals surface area contributed by atoms with Crippen molar-refractivity contribution in [1.82, 2.24) is 5.32 Å². The van der Waals surface area contributed by atoms with E-state index >= 15 is 0 Å². The highest BCUT2D eigenvalue weighted by Crippen LogP contribution is 2.39. The van der Waals surface area contributed by atoms with Crippen LogP contribution in [-0.2, 0) is 30.4 Å². The van der Waals surface area contributed by atoms with Gasteiger partial charge in [-0.3, -0.25) is 14.4 Å². The van der Waals surface area contributed by atoms with Gasteiger partial charge in [-0.25, -0.2) is 0 Å². The Balaban J connectivity index is 2.15. The molecule has 1 aliphatic carbocycles. The van der Waals surface area contributed by atoms with Gasteiger partial charge in [-0.1, -0.05) is 36.4 Å². The summed E-state index contributed by atoms with van der Waals surface area (Å²) in [6.07, 6.45) is 0.576. The summed E-state index contributed by atoms with van der Waals surface area (Å²) < 4.78 is 39.4. The molecule has 1 aromatic carbocycles. The normalized spacial score (nSPS) is 19.1. The molecule has 1 aromatic rings. The SMILES string of the molecule is CCOC(=O)[C@H]1CC=C(C(F)(F)C(=O)NCc2ccccc2)C[C@@H]1C(=O)OCC. The molecule has 2 atom stereocenters. The molecule has 158 valence electrons. The van der Waals surface area contributed by atoms with E-state index in [1.54, 1.807) is 44.2 Å². The molecule has 1 aliphatic rings. The van der Waals surface area contributed by atoms with Gasteiger partial charge in [0.15, 0.2) is 0 Å². The fourth-order valence-corrected chi connectivity index (χ4v) is 3.19. The Morgan fingerprint density at radius 1 is 1.03 bits per heavy atom. The van der Waals surface area contributed by atoms with Crippen LogP contribution < -0.4 is 5.32 Å². The van der Waals surface area contributed by atoms with E-state index in [4.69, 9.17) is 9.47 Å². The van der Waals surface area contributed by atoms with Crippen LogP contribution in [0.5, 0.6) is 0 Å². The maximum atomic E-state index is 14.8. The quantitative estimate of drug-likeness (QED) is 0.527. The summed E-state index contributed by atoms with van der Waals surface area (Å²) in [4.78, 5) is 36.6. The second-order valence-electron chi connectivity index (χ2n) is 6.63. The average molecular weight is 409 g/mol. The zero-order valence-corrected chi connectivity index (χ0v) is 16.5. The third-order valence-electron chi connectivity index (χ3n) is 4.71. The minimum Gasteiger partial charge on any atom is -0.466 e. The lowest BCUT2D eigenvalue weighted by molar-refractivity contribution is -0.161. The number of nitrogens with one attached hydrogen (secondary N) is 1. The van der Waals surface area contributed by atoms with Crippen molar-refractivity contribution in [3.63, 3.8) is 0 Å². The number of allylic oxidation sites excluding steroid dienone is 1. The van der Waals surface area contributed by atoms with Crippen LogP contribution in [0.1, 0.15) is 32.3 Å². The topological polar surface area (TPSA) is 81.7 Å². The summed E-state index contributed by atoms with van der Waals surface area (Å²) in [5.74, 6) is -8.69. The molecule has 0 saturated carbocycles. The number of benzene rings is 1. The van der Waals surface area contributed by atoms with E-state index in [-0.39, 0.29) is 26.2 Å². The highest BCUT2D eigenvalue weighted by atomic mass is 19.3. The molecule has 1 N–H and O–H groups in total. The molecule has 2 rings (SSSR count). The molecule has 0 aromatic heterocycles. The maximum Gasteiger partial charge on any atom is 0.345 e. The minimum absolute atomic E-state index is 0.0463. The predicted octanol–water partition coefficient (Wildman–Crippen LogP) is 3.02. The van der Waals surface area contributed by atoms with Crippen LogP contribution in [0.15, 0.2) is 42.0 Å². The molecule has 1 amide bonds. The molecule has 8 heteroatoms. The number of halogens is 2. The number of alkyl halides is 2. The third-order valence-corrected chi connectivity index (χ3v) is 4.71. The van der Waals surface area contributed by atoms with E-state index in [9.17, 15) is 23.2 Å². The van der Waals surface area contributed by atoms with Gasteiger partial charge >= 0.3 is 17.9 Å². The van der Waals surface area contributed by atoms with Crippen molar-refractivity contribution >= 4 is 17.8 Å². The van der Waals surface area contributed by atoms with Gasteiger partial charge in [-0.2, -0.15) is 8.78 Å². The highest BCUT2D eigenvalue weighted by molar-refractivity contribution is 5.88. The van der Waals surface area contributed by atoms with E-state index in [1.165, 1.54) is 0 Å². The fraction of sp³-hybridized carbons (Fsp3) is 0.476. The summed E-state index contributed by atoms with van der Waals surface area (Å²) in [7, 11) is 0. The van der Waals surface area contributed by atoms with Crippen LogP contribution in [-0.4, -0.2) is 37.0 Å². The van der Waals surface area contributed by atoms with Crippen LogP contribution in [0.3, 0.4) is 0 Å². The van der Waals surface area contributed by atoms with Gasteiger partial charge in [0.25, 0.3) is 5.91 Å². The number of hydrogen-bond acceptors (Lipinski definition) is 5. The predicted molar refractivity (Wildman–Crippen MR) is 101 cm³/mol. The van der Waals surface area contributed by atoms with Gasteiger partial charge in [0.1, 0.15) is 0 Å². The fourth-order valence-electron chi connectivity index (χ4n) is 3.19. The first-order chi connectivity index (χ1) is 13.8. The van der Waals surface area contributed by atoms with Crippen molar-refractivity contribution in [2.45, 2.75) is 39.2 Å². The second kappa shape index (κ2) is 10.1. The Morgan fingerprint density at radius 3 is 2.21 bits per heavy atom. The van der Waals surface area contributed by atoms with E-state index in [1.807, 2.05) is 0 Å². The smallest absolute Gasteiger partial charge is 0.345 e.